The summed E-state index contributed by atoms with van der Waals surface area (Å²) in [5, 5.41) is 0. The number of rotatable bonds is 2. The van der Waals surface area contributed by atoms with Gasteiger partial charge in [0.05, 0.1) is 10.4 Å². The molecule has 1 aromatic heterocycles. The van der Waals surface area contributed by atoms with Crippen LogP contribution in [0.5, 0.6) is 0 Å². The number of thiophene rings is 1. The van der Waals surface area contributed by atoms with Gasteiger partial charge in [-0.25, -0.2) is 0 Å². The second kappa shape index (κ2) is 4.35. The third-order valence-electron chi connectivity index (χ3n) is 2.30. The fourth-order valence-electron chi connectivity index (χ4n) is 1.52. The van der Waals surface area contributed by atoms with Crippen molar-refractivity contribution in [2.24, 2.45) is 5.73 Å². The summed E-state index contributed by atoms with van der Waals surface area (Å²) >= 11 is 7.42. The van der Waals surface area contributed by atoms with Crippen LogP contribution in [0.25, 0.3) is 0 Å². The summed E-state index contributed by atoms with van der Waals surface area (Å²) in [5.41, 5.74) is 8.51. The Hall–Kier alpha value is -0.830. The Bertz CT molecular complexity index is 464. The van der Waals surface area contributed by atoms with Gasteiger partial charge in [-0.05, 0) is 24.6 Å². The molecule has 0 spiro atoms. The standard InChI is InChI=1S/C12H12ClNS/c1-8-3-2-4-9(7-8)12(14)10-5-6-11(13)15-10/h2-7,12H,14H2,1H3. The van der Waals surface area contributed by atoms with Gasteiger partial charge in [0.25, 0.3) is 0 Å². The van der Waals surface area contributed by atoms with Crippen LogP contribution in [0.1, 0.15) is 22.0 Å². The minimum atomic E-state index is -0.0672. The lowest BCUT2D eigenvalue weighted by molar-refractivity contribution is 0.891. The van der Waals surface area contributed by atoms with Gasteiger partial charge in [0.2, 0.25) is 0 Å². The molecule has 2 aromatic rings. The summed E-state index contributed by atoms with van der Waals surface area (Å²) in [6.07, 6.45) is 0. The highest BCUT2D eigenvalue weighted by atomic mass is 35.5. The van der Waals surface area contributed by atoms with Crippen LogP contribution in [0.4, 0.5) is 0 Å². The van der Waals surface area contributed by atoms with Gasteiger partial charge in [-0.3, -0.25) is 0 Å². The van der Waals surface area contributed by atoms with Gasteiger partial charge in [0.15, 0.2) is 0 Å². The molecular formula is C12H12ClNS. The van der Waals surface area contributed by atoms with E-state index in [1.165, 1.54) is 16.9 Å². The van der Waals surface area contributed by atoms with Crippen molar-refractivity contribution in [1.29, 1.82) is 0 Å². The zero-order valence-corrected chi connectivity index (χ0v) is 9.98. The molecule has 0 saturated heterocycles. The molecule has 0 aliphatic rings. The molecule has 1 nitrogen and oxygen atoms in total. The Morgan fingerprint density at radius 3 is 2.67 bits per heavy atom. The molecule has 0 aliphatic heterocycles. The van der Waals surface area contributed by atoms with E-state index < -0.39 is 0 Å². The predicted molar refractivity (Wildman–Crippen MR) is 66.5 cm³/mol. The van der Waals surface area contributed by atoms with Gasteiger partial charge in [0, 0.05) is 4.88 Å². The summed E-state index contributed by atoms with van der Waals surface area (Å²) in [7, 11) is 0. The van der Waals surface area contributed by atoms with Crippen molar-refractivity contribution < 1.29 is 0 Å². The van der Waals surface area contributed by atoms with Gasteiger partial charge in [0.1, 0.15) is 0 Å². The van der Waals surface area contributed by atoms with E-state index in [1.54, 1.807) is 0 Å². The van der Waals surface area contributed by atoms with Gasteiger partial charge in [-0.15, -0.1) is 11.3 Å². The second-order valence-electron chi connectivity index (χ2n) is 3.53. The van der Waals surface area contributed by atoms with Crippen LogP contribution in [0.2, 0.25) is 4.34 Å². The third kappa shape index (κ3) is 2.40. The Kier molecular flexibility index (Phi) is 3.10. The van der Waals surface area contributed by atoms with E-state index in [4.69, 9.17) is 17.3 Å². The number of halogens is 1. The lowest BCUT2D eigenvalue weighted by atomic mass is 10.0. The van der Waals surface area contributed by atoms with Gasteiger partial charge in [-0.2, -0.15) is 0 Å². The molecular weight excluding hydrogens is 226 g/mol. The monoisotopic (exact) mass is 237 g/mol. The molecule has 2 rings (SSSR count). The van der Waals surface area contributed by atoms with Crippen LogP contribution in [0.15, 0.2) is 36.4 Å². The lowest BCUT2D eigenvalue weighted by Gasteiger charge is -2.10. The second-order valence-corrected chi connectivity index (χ2v) is 5.28. The summed E-state index contributed by atoms with van der Waals surface area (Å²) in [5.74, 6) is 0. The first kappa shape index (κ1) is 10.7. The minimum absolute atomic E-state index is 0.0672. The molecule has 1 atom stereocenters. The topological polar surface area (TPSA) is 26.0 Å². The highest BCUT2D eigenvalue weighted by Crippen LogP contribution is 2.29. The Morgan fingerprint density at radius 1 is 1.27 bits per heavy atom. The van der Waals surface area contributed by atoms with E-state index in [2.05, 4.69) is 19.1 Å². The van der Waals surface area contributed by atoms with E-state index >= 15 is 0 Å². The fraction of sp³-hybridized carbons (Fsp3) is 0.167. The summed E-state index contributed by atoms with van der Waals surface area (Å²) < 4.78 is 0.785. The molecule has 15 heavy (non-hydrogen) atoms. The van der Waals surface area contributed by atoms with E-state index in [0.717, 1.165) is 14.8 Å². The van der Waals surface area contributed by atoms with Crippen LogP contribution >= 0.6 is 22.9 Å². The van der Waals surface area contributed by atoms with E-state index in [0.29, 0.717) is 0 Å². The molecule has 0 bridgehead atoms. The first-order valence-corrected chi connectivity index (χ1v) is 5.93. The first-order valence-electron chi connectivity index (χ1n) is 4.74. The van der Waals surface area contributed by atoms with E-state index in [9.17, 15) is 0 Å². The summed E-state index contributed by atoms with van der Waals surface area (Å²) in [4.78, 5) is 1.10. The van der Waals surface area contributed by atoms with Crippen molar-refractivity contribution in [2.45, 2.75) is 13.0 Å². The molecule has 3 heteroatoms. The van der Waals surface area contributed by atoms with Gasteiger partial charge in [-0.1, -0.05) is 41.4 Å². The van der Waals surface area contributed by atoms with Crippen LogP contribution < -0.4 is 5.73 Å². The molecule has 0 aliphatic carbocycles. The van der Waals surface area contributed by atoms with E-state index in [-0.39, 0.29) is 6.04 Å². The fourth-order valence-corrected chi connectivity index (χ4v) is 2.61. The molecule has 1 heterocycles. The molecule has 0 radical (unpaired) electrons. The average Bonchev–Trinajstić information content (AvgIpc) is 2.64. The molecule has 2 N–H and O–H groups in total. The largest absolute Gasteiger partial charge is 0.320 e. The van der Waals surface area contributed by atoms with Crippen molar-refractivity contribution in [3.63, 3.8) is 0 Å². The number of benzene rings is 1. The van der Waals surface area contributed by atoms with Gasteiger partial charge < -0.3 is 5.73 Å². The highest BCUT2D eigenvalue weighted by Gasteiger charge is 2.10. The molecule has 0 amide bonds. The first-order chi connectivity index (χ1) is 7.16. The quantitative estimate of drug-likeness (QED) is 0.846. The minimum Gasteiger partial charge on any atom is -0.320 e. The molecule has 0 fully saturated rings. The predicted octanol–water partition coefficient (Wildman–Crippen LogP) is 3.76. The van der Waals surface area contributed by atoms with Crippen LogP contribution in [0, 0.1) is 6.92 Å². The number of aryl methyl sites for hydroxylation is 1. The lowest BCUT2D eigenvalue weighted by Crippen LogP contribution is -2.09. The maximum atomic E-state index is 6.15. The van der Waals surface area contributed by atoms with Crippen molar-refractivity contribution >= 4 is 22.9 Å². The number of hydrogen-bond donors (Lipinski definition) is 1. The zero-order chi connectivity index (χ0) is 10.8. The molecule has 1 unspecified atom stereocenters. The SMILES string of the molecule is Cc1cccc(C(N)c2ccc(Cl)s2)c1. The molecule has 0 saturated carbocycles. The maximum absolute atomic E-state index is 6.15. The highest BCUT2D eigenvalue weighted by molar-refractivity contribution is 7.16. The number of hydrogen-bond acceptors (Lipinski definition) is 2. The maximum Gasteiger partial charge on any atom is 0.0931 e. The van der Waals surface area contributed by atoms with E-state index in [1.807, 2.05) is 24.3 Å². The van der Waals surface area contributed by atoms with Crippen molar-refractivity contribution in [3.8, 4) is 0 Å². The Labute approximate surface area is 98.5 Å². The number of nitrogens with two attached hydrogens (primary N) is 1. The average molecular weight is 238 g/mol. The van der Waals surface area contributed by atoms with Crippen LogP contribution in [-0.4, -0.2) is 0 Å². The third-order valence-corrected chi connectivity index (χ3v) is 3.62. The van der Waals surface area contributed by atoms with Crippen molar-refractivity contribution in [2.75, 3.05) is 0 Å². The Balaban J connectivity index is 2.32. The molecule has 1 aromatic carbocycles. The van der Waals surface area contributed by atoms with Gasteiger partial charge >= 0.3 is 0 Å². The zero-order valence-electron chi connectivity index (χ0n) is 8.41. The van der Waals surface area contributed by atoms with Crippen LogP contribution in [0.3, 0.4) is 0 Å². The summed E-state index contributed by atoms with van der Waals surface area (Å²) in [6, 6.07) is 12.1. The van der Waals surface area contributed by atoms with Crippen molar-refractivity contribution in [3.05, 3.63) is 56.7 Å². The smallest absolute Gasteiger partial charge is 0.0931 e. The summed E-state index contributed by atoms with van der Waals surface area (Å²) in [6.45, 7) is 2.07. The van der Waals surface area contributed by atoms with Crippen molar-refractivity contribution in [1.82, 2.24) is 0 Å². The van der Waals surface area contributed by atoms with Crippen LogP contribution in [-0.2, 0) is 0 Å². The normalized spacial score (nSPS) is 12.7. The Morgan fingerprint density at radius 2 is 2.07 bits per heavy atom. The molecule has 78 valence electrons.